The molecule has 20 heavy (non-hydrogen) atoms. The molecule has 1 heterocycles. The Bertz CT molecular complexity index is 529. The monoisotopic (exact) mass is 276 g/mol. The van der Waals surface area contributed by atoms with Crippen LogP contribution in [0.25, 0.3) is 0 Å². The van der Waals surface area contributed by atoms with Crippen molar-refractivity contribution in [1.29, 1.82) is 0 Å². The van der Waals surface area contributed by atoms with Crippen LogP contribution in [0.2, 0.25) is 0 Å². The number of nitrogens with one attached hydrogen (secondary N) is 1. The van der Waals surface area contributed by atoms with Gasteiger partial charge >= 0.3 is 5.97 Å². The maximum absolute atomic E-state index is 12.3. The smallest absolute Gasteiger partial charge is 0.305 e. The summed E-state index contributed by atoms with van der Waals surface area (Å²) < 4.78 is 0. The average molecular weight is 276 g/mol. The van der Waals surface area contributed by atoms with Gasteiger partial charge in [0.2, 0.25) is 11.8 Å². The zero-order chi connectivity index (χ0) is 14.7. The highest BCUT2D eigenvalue weighted by Gasteiger charge is 2.38. The number of hydrogen-bond acceptors (Lipinski definition) is 3. The fraction of sp³-hybridized carbons (Fsp3) is 0.357. The summed E-state index contributed by atoms with van der Waals surface area (Å²) in [6.45, 7) is 1.93. The summed E-state index contributed by atoms with van der Waals surface area (Å²) in [6, 6.07) is 7.70. The lowest BCUT2D eigenvalue weighted by atomic mass is 10.0. The first-order chi connectivity index (χ1) is 9.49. The van der Waals surface area contributed by atoms with Crippen LogP contribution in [-0.2, 0) is 20.9 Å². The van der Waals surface area contributed by atoms with Gasteiger partial charge in [-0.25, -0.2) is 0 Å². The Labute approximate surface area is 116 Å². The summed E-state index contributed by atoms with van der Waals surface area (Å²) in [5, 5.41) is 11.2. The molecule has 0 saturated carbocycles. The molecular weight excluding hydrogens is 260 g/mol. The van der Waals surface area contributed by atoms with Gasteiger partial charge < -0.3 is 15.3 Å². The second-order valence-corrected chi connectivity index (χ2v) is 4.79. The lowest BCUT2D eigenvalue weighted by molar-refractivity contribution is -0.152. The second kappa shape index (κ2) is 5.73. The molecule has 1 fully saturated rings. The first-order valence-corrected chi connectivity index (χ1v) is 6.35. The predicted octanol–water partition coefficient (Wildman–Crippen LogP) is 0.377. The number of benzene rings is 1. The van der Waals surface area contributed by atoms with Gasteiger partial charge in [-0.2, -0.15) is 0 Å². The van der Waals surface area contributed by atoms with Crippen LogP contribution in [-0.4, -0.2) is 39.9 Å². The van der Waals surface area contributed by atoms with Crippen molar-refractivity contribution in [2.45, 2.75) is 32.0 Å². The van der Waals surface area contributed by atoms with Crippen molar-refractivity contribution < 1.29 is 19.5 Å². The molecule has 2 rings (SSSR count). The molecule has 2 N–H and O–H groups in total. The molecule has 0 bridgehead atoms. The van der Waals surface area contributed by atoms with E-state index in [-0.39, 0.29) is 11.8 Å². The molecule has 106 valence electrons. The third-order valence-electron chi connectivity index (χ3n) is 3.32. The lowest BCUT2D eigenvalue weighted by Crippen LogP contribution is -2.62. The number of carbonyl (C=O) groups excluding carboxylic acids is 2. The van der Waals surface area contributed by atoms with Gasteiger partial charge in [0.25, 0.3) is 0 Å². The summed E-state index contributed by atoms with van der Waals surface area (Å²) in [6.07, 6.45) is -0.400. The maximum atomic E-state index is 12.3. The molecule has 6 nitrogen and oxygen atoms in total. The summed E-state index contributed by atoms with van der Waals surface area (Å²) in [5.41, 5.74) is 0.900. The third-order valence-corrected chi connectivity index (χ3v) is 3.32. The van der Waals surface area contributed by atoms with Crippen LogP contribution in [0, 0.1) is 0 Å². The van der Waals surface area contributed by atoms with Crippen LogP contribution in [0.4, 0.5) is 0 Å². The number of rotatable bonds is 4. The van der Waals surface area contributed by atoms with E-state index >= 15 is 0 Å². The minimum Gasteiger partial charge on any atom is -0.481 e. The number of carboxylic acid groups (broad SMARTS) is 1. The van der Waals surface area contributed by atoms with E-state index < -0.39 is 24.5 Å². The fourth-order valence-corrected chi connectivity index (χ4v) is 2.19. The summed E-state index contributed by atoms with van der Waals surface area (Å²) in [7, 11) is 0. The van der Waals surface area contributed by atoms with Gasteiger partial charge in [-0.15, -0.1) is 0 Å². The number of nitrogens with zero attached hydrogens (tertiary/aromatic N) is 1. The predicted molar refractivity (Wildman–Crippen MR) is 70.6 cm³/mol. The first-order valence-electron chi connectivity index (χ1n) is 6.35. The fourth-order valence-electron chi connectivity index (χ4n) is 2.19. The Morgan fingerprint density at radius 1 is 1.30 bits per heavy atom. The number of carboxylic acids is 1. The molecule has 0 aliphatic carbocycles. The van der Waals surface area contributed by atoms with Crippen molar-refractivity contribution in [2.24, 2.45) is 0 Å². The number of aliphatic carboxylic acids is 1. The molecule has 1 saturated heterocycles. The third kappa shape index (κ3) is 2.96. The highest BCUT2D eigenvalue weighted by molar-refractivity contribution is 5.98. The van der Waals surface area contributed by atoms with Crippen LogP contribution >= 0.6 is 0 Å². The van der Waals surface area contributed by atoms with E-state index in [2.05, 4.69) is 5.32 Å². The second-order valence-electron chi connectivity index (χ2n) is 4.79. The Morgan fingerprint density at radius 3 is 2.55 bits per heavy atom. The first kappa shape index (κ1) is 14.0. The molecule has 1 aliphatic heterocycles. The minimum absolute atomic E-state index is 0.296. The Hall–Kier alpha value is -2.37. The van der Waals surface area contributed by atoms with Crippen LogP contribution in [0.5, 0.6) is 0 Å². The van der Waals surface area contributed by atoms with Crippen LogP contribution in [0.1, 0.15) is 18.9 Å². The molecule has 1 aliphatic rings. The van der Waals surface area contributed by atoms with Crippen LogP contribution in [0.3, 0.4) is 0 Å². The van der Waals surface area contributed by atoms with Crippen LogP contribution in [0.15, 0.2) is 30.3 Å². The van der Waals surface area contributed by atoms with E-state index in [0.29, 0.717) is 6.54 Å². The molecule has 1 aromatic carbocycles. The summed E-state index contributed by atoms with van der Waals surface area (Å²) >= 11 is 0. The Kier molecular flexibility index (Phi) is 4.02. The Balaban J connectivity index is 2.18. The number of piperazine rings is 1. The molecule has 6 heteroatoms. The van der Waals surface area contributed by atoms with Crippen molar-refractivity contribution in [3.63, 3.8) is 0 Å². The van der Waals surface area contributed by atoms with Gasteiger partial charge in [-0.3, -0.25) is 14.4 Å². The lowest BCUT2D eigenvalue weighted by Gasteiger charge is -2.37. The maximum Gasteiger partial charge on any atom is 0.305 e. The van der Waals surface area contributed by atoms with E-state index in [4.69, 9.17) is 5.11 Å². The molecule has 2 atom stereocenters. The van der Waals surface area contributed by atoms with Crippen molar-refractivity contribution >= 4 is 17.8 Å². The molecular formula is C14H16N2O4. The van der Waals surface area contributed by atoms with E-state index in [9.17, 15) is 14.4 Å². The zero-order valence-electron chi connectivity index (χ0n) is 11.1. The van der Waals surface area contributed by atoms with Crippen molar-refractivity contribution in [1.82, 2.24) is 10.2 Å². The molecule has 0 spiro atoms. The van der Waals surface area contributed by atoms with Crippen molar-refractivity contribution in [2.75, 3.05) is 0 Å². The molecule has 0 unspecified atom stereocenters. The van der Waals surface area contributed by atoms with Crippen molar-refractivity contribution in [3.05, 3.63) is 35.9 Å². The van der Waals surface area contributed by atoms with E-state index in [1.54, 1.807) is 6.92 Å². The van der Waals surface area contributed by atoms with Gasteiger partial charge in [-0.1, -0.05) is 30.3 Å². The van der Waals surface area contributed by atoms with Crippen LogP contribution < -0.4 is 5.32 Å². The van der Waals surface area contributed by atoms with Gasteiger partial charge in [0, 0.05) is 6.54 Å². The number of amides is 2. The average Bonchev–Trinajstić information content (AvgIpc) is 2.41. The summed E-state index contributed by atoms with van der Waals surface area (Å²) in [5.74, 6) is -1.80. The minimum atomic E-state index is -1.11. The zero-order valence-corrected chi connectivity index (χ0v) is 11.1. The van der Waals surface area contributed by atoms with Gasteiger partial charge in [0.15, 0.2) is 0 Å². The highest BCUT2D eigenvalue weighted by Crippen LogP contribution is 2.16. The highest BCUT2D eigenvalue weighted by atomic mass is 16.4. The topological polar surface area (TPSA) is 86.7 Å². The quantitative estimate of drug-likeness (QED) is 0.832. The number of hydrogen-bond donors (Lipinski definition) is 2. The van der Waals surface area contributed by atoms with Crippen molar-refractivity contribution in [3.8, 4) is 0 Å². The molecule has 0 radical (unpaired) electrons. The summed E-state index contributed by atoms with van der Waals surface area (Å²) in [4.78, 5) is 36.3. The SMILES string of the molecule is C[C@@H]1C(=O)N[C@@H](CC(=O)O)C(=O)N1Cc1ccccc1. The molecule has 0 aromatic heterocycles. The standard InChI is InChI=1S/C14H16N2O4/c1-9-13(19)15-11(7-12(17)18)14(20)16(9)8-10-5-3-2-4-6-10/h2-6,9,11H,7-8H2,1H3,(H,15,19)(H,17,18)/t9-,11+/m1/s1. The molecule has 2 amide bonds. The Morgan fingerprint density at radius 2 is 1.95 bits per heavy atom. The van der Waals surface area contributed by atoms with Gasteiger partial charge in [-0.05, 0) is 12.5 Å². The van der Waals surface area contributed by atoms with E-state index in [0.717, 1.165) is 5.56 Å². The molecule has 1 aromatic rings. The normalized spacial score (nSPS) is 22.6. The largest absolute Gasteiger partial charge is 0.481 e. The van der Waals surface area contributed by atoms with E-state index in [1.807, 2.05) is 30.3 Å². The van der Waals surface area contributed by atoms with Gasteiger partial charge in [0.05, 0.1) is 6.42 Å². The number of carbonyl (C=O) groups is 3. The van der Waals surface area contributed by atoms with Gasteiger partial charge in [0.1, 0.15) is 12.1 Å². The van der Waals surface area contributed by atoms with E-state index in [1.165, 1.54) is 4.90 Å².